The Kier molecular flexibility index (Phi) is 5.28. The van der Waals surface area contributed by atoms with Gasteiger partial charge in [0.05, 0.1) is 12.7 Å². The minimum atomic E-state index is -0.710. The first-order chi connectivity index (χ1) is 8.36. The number of nitrogens with two attached hydrogens (primary N) is 1. The van der Waals surface area contributed by atoms with Crippen molar-refractivity contribution in [2.45, 2.75) is 65.0 Å². The molecule has 1 rings (SSSR count). The maximum absolute atomic E-state index is 6.16. The number of rotatable bonds is 7. The van der Waals surface area contributed by atoms with Gasteiger partial charge in [-0.15, -0.1) is 0 Å². The third-order valence-corrected chi connectivity index (χ3v) is 2.81. The summed E-state index contributed by atoms with van der Waals surface area (Å²) in [6.45, 7) is 10.4. The fraction of sp³-hybridized carbons (Fsp3) is 0.846. The van der Waals surface area contributed by atoms with Crippen molar-refractivity contribution in [3.05, 3.63) is 11.7 Å². The second-order valence-corrected chi connectivity index (χ2v) is 5.42. The van der Waals surface area contributed by atoms with Gasteiger partial charge >= 0.3 is 0 Å². The van der Waals surface area contributed by atoms with Gasteiger partial charge in [0.25, 0.3) is 0 Å². The van der Waals surface area contributed by atoms with Crippen LogP contribution in [-0.4, -0.2) is 22.9 Å². The normalized spacial score (nSPS) is 16.8. The lowest BCUT2D eigenvalue weighted by atomic mass is 10.0. The van der Waals surface area contributed by atoms with Gasteiger partial charge in [0.1, 0.15) is 5.54 Å². The summed E-state index contributed by atoms with van der Waals surface area (Å²) in [5.74, 6) is 1.45. The van der Waals surface area contributed by atoms with Gasteiger partial charge in [-0.2, -0.15) is 4.98 Å². The molecule has 2 N–H and O–H groups in total. The maximum atomic E-state index is 6.16. The van der Waals surface area contributed by atoms with Gasteiger partial charge in [0.15, 0.2) is 5.82 Å². The van der Waals surface area contributed by atoms with E-state index < -0.39 is 5.54 Å². The van der Waals surface area contributed by atoms with Gasteiger partial charge in [-0.3, -0.25) is 0 Å². The largest absolute Gasteiger partial charge is 0.376 e. The molecule has 0 spiro atoms. The molecule has 1 aromatic rings. The zero-order chi connectivity index (χ0) is 13.8. The SMILES string of the molecule is CCCC(C)c1nc(C(C)(N)COC(C)C)no1. The molecule has 0 bridgehead atoms. The molecule has 0 aliphatic rings. The lowest BCUT2D eigenvalue weighted by molar-refractivity contribution is 0.0410. The highest BCUT2D eigenvalue weighted by molar-refractivity contribution is 5.03. The number of hydrogen-bond donors (Lipinski definition) is 1. The fourth-order valence-electron chi connectivity index (χ4n) is 1.63. The van der Waals surface area contributed by atoms with Crippen molar-refractivity contribution in [3.63, 3.8) is 0 Å². The number of ether oxygens (including phenoxy) is 1. The molecule has 0 amide bonds. The molecule has 1 heterocycles. The lowest BCUT2D eigenvalue weighted by Gasteiger charge is -2.21. The van der Waals surface area contributed by atoms with Gasteiger partial charge in [-0.05, 0) is 27.2 Å². The van der Waals surface area contributed by atoms with Crippen LogP contribution < -0.4 is 5.73 Å². The van der Waals surface area contributed by atoms with E-state index in [1.807, 2.05) is 20.8 Å². The minimum absolute atomic E-state index is 0.137. The molecule has 1 aromatic heterocycles. The van der Waals surface area contributed by atoms with E-state index >= 15 is 0 Å². The van der Waals surface area contributed by atoms with E-state index in [1.165, 1.54) is 0 Å². The van der Waals surface area contributed by atoms with Crippen molar-refractivity contribution in [2.24, 2.45) is 5.73 Å². The number of aromatic nitrogens is 2. The first-order valence-electron chi connectivity index (χ1n) is 6.61. The van der Waals surface area contributed by atoms with Gasteiger partial charge in [0, 0.05) is 5.92 Å². The summed E-state index contributed by atoms with van der Waals surface area (Å²) >= 11 is 0. The zero-order valence-corrected chi connectivity index (χ0v) is 12.1. The molecule has 0 fully saturated rings. The first kappa shape index (κ1) is 15.1. The quantitative estimate of drug-likeness (QED) is 0.810. The standard InChI is InChI=1S/C13H25N3O2/c1-6-7-10(4)11-15-12(16-18-11)13(5,14)8-17-9(2)3/h9-10H,6-8,14H2,1-5H3. The second-order valence-electron chi connectivity index (χ2n) is 5.42. The van der Waals surface area contributed by atoms with Crippen molar-refractivity contribution >= 4 is 0 Å². The van der Waals surface area contributed by atoms with E-state index in [-0.39, 0.29) is 12.0 Å². The van der Waals surface area contributed by atoms with Crippen LogP contribution in [0.1, 0.15) is 65.1 Å². The first-order valence-corrected chi connectivity index (χ1v) is 6.61. The molecule has 0 saturated heterocycles. The Bertz CT molecular complexity index is 361. The van der Waals surface area contributed by atoms with Gasteiger partial charge in [-0.25, -0.2) is 0 Å². The van der Waals surface area contributed by atoms with E-state index in [9.17, 15) is 0 Å². The summed E-state index contributed by atoms with van der Waals surface area (Å²) in [7, 11) is 0. The lowest BCUT2D eigenvalue weighted by Crippen LogP contribution is -2.40. The summed E-state index contributed by atoms with van der Waals surface area (Å²) in [6, 6.07) is 0. The highest BCUT2D eigenvalue weighted by Gasteiger charge is 2.29. The Labute approximate surface area is 109 Å². The van der Waals surface area contributed by atoms with Crippen LogP contribution in [0, 0.1) is 0 Å². The summed E-state index contributed by atoms with van der Waals surface area (Å²) in [5.41, 5.74) is 5.45. The van der Waals surface area contributed by atoms with E-state index in [4.69, 9.17) is 15.0 Å². The molecule has 2 atom stereocenters. The van der Waals surface area contributed by atoms with Crippen LogP contribution in [-0.2, 0) is 10.3 Å². The second kappa shape index (κ2) is 6.29. The summed E-state index contributed by atoms with van der Waals surface area (Å²) < 4.78 is 10.8. The van der Waals surface area contributed by atoms with Crippen LogP contribution in [0.5, 0.6) is 0 Å². The average Bonchev–Trinajstić information content (AvgIpc) is 2.77. The molecule has 5 nitrogen and oxygen atoms in total. The fourth-order valence-corrected chi connectivity index (χ4v) is 1.63. The average molecular weight is 255 g/mol. The van der Waals surface area contributed by atoms with Gasteiger partial charge < -0.3 is 15.0 Å². The molecular formula is C13H25N3O2. The Morgan fingerprint density at radius 1 is 1.39 bits per heavy atom. The topological polar surface area (TPSA) is 74.2 Å². The van der Waals surface area contributed by atoms with Crippen molar-refractivity contribution in [3.8, 4) is 0 Å². The molecule has 0 aromatic carbocycles. The Morgan fingerprint density at radius 3 is 2.61 bits per heavy atom. The molecule has 0 aliphatic heterocycles. The van der Waals surface area contributed by atoms with Crippen LogP contribution in [0.25, 0.3) is 0 Å². The van der Waals surface area contributed by atoms with Crippen molar-refractivity contribution in [1.29, 1.82) is 0 Å². The van der Waals surface area contributed by atoms with Crippen molar-refractivity contribution in [2.75, 3.05) is 6.61 Å². The molecule has 2 unspecified atom stereocenters. The highest BCUT2D eigenvalue weighted by atomic mass is 16.5. The molecule has 104 valence electrons. The molecule has 0 radical (unpaired) electrons. The van der Waals surface area contributed by atoms with E-state index in [1.54, 1.807) is 0 Å². The third kappa shape index (κ3) is 4.07. The maximum Gasteiger partial charge on any atom is 0.229 e. The summed E-state index contributed by atoms with van der Waals surface area (Å²) in [4.78, 5) is 4.40. The minimum Gasteiger partial charge on any atom is -0.376 e. The predicted octanol–water partition coefficient (Wildman–Crippen LogP) is 2.57. The molecule has 0 saturated carbocycles. The Morgan fingerprint density at radius 2 is 2.06 bits per heavy atom. The third-order valence-electron chi connectivity index (χ3n) is 2.81. The van der Waals surface area contributed by atoms with Crippen LogP contribution >= 0.6 is 0 Å². The predicted molar refractivity (Wildman–Crippen MR) is 70.2 cm³/mol. The monoisotopic (exact) mass is 255 g/mol. The zero-order valence-electron chi connectivity index (χ0n) is 12.1. The molecule has 0 aliphatic carbocycles. The highest BCUT2D eigenvalue weighted by Crippen LogP contribution is 2.22. The number of nitrogens with zero attached hydrogens (tertiary/aromatic N) is 2. The van der Waals surface area contributed by atoms with Crippen LogP contribution in [0.4, 0.5) is 0 Å². The molecule has 18 heavy (non-hydrogen) atoms. The van der Waals surface area contributed by atoms with Crippen LogP contribution in [0.2, 0.25) is 0 Å². The van der Waals surface area contributed by atoms with Crippen molar-refractivity contribution < 1.29 is 9.26 Å². The van der Waals surface area contributed by atoms with E-state index in [2.05, 4.69) is 24.0 Å². The molecule has 5 heteroatoms. The molecular weight excluding hydrogens is 230 g/mol. The summed E-state index contributed by atoms with van der Waals surface area (Å²) in [6.07, 6.45) is 2.26. The Balaban J connectivity index is 2.71. The van der Waals surface area contributed by atoms with Crippen LogP contribution in [0.3, 0.4) is 0 Å². The summed E-state index contributed by atoms with van der Waals surface area (Å²) in [5, 5.41) is 3.98. The van der Waals surface area contributed by atoms with E-state index in [0.29, 0.717) is 18.3 Å². The number of hydrogen-bond acceptors (Lipinski definition) is 5. The van der Waals surface area contributed by atoms with E-state index in [0.717, 1.165) is 12.8 Å². The smallest absolute Gasteiger partial charge is 0.229 e. The Hall–Kier alpha value is -0.940. The van der Waals surface area contributed by atoms with Gasteiger partial charge in [0.2, 0.25) is 5.89 Å². The van der Waals surface area contributed by atoms with Crippen LogP contribution in [0.15, 0.2) is 4.52 Å². The van der Waals surface area contributed by atoms with Crippen molar-refractivity contribution in [1.82, 2.24) is 10.1 Å². The van der Waals surface area contributed by atoms with Gasteiger partial charge in [-0.1, -0.05) is 25.4 Å².